The Morgan fingerprint density at radius 2 is 1.69 bits per heavy atom. The Labute approximate surface area is 209 Å². The average Bonchev–Trinajstić information content (AvgIpc) is 3.16. The van der Waals surface area contributed by atoms with Crippen LogP contribution in [0.15, 0.2) is 53.1 Å². The quantitative estimate of drug-likeness (QED) is 0.403. The van der Waals surface area contributed by atoms with Gasteiger partial charge in [-0.25, -0.2) is 0 Å². The van der Waals surface area contributed by atoms with Crippen molar-refractivity contribution in [2.45, 2.75) is 79.2 Å². The predicted molar refractivity (Wildman–Crippen MR) is 142 cm³/mol. The molecule has 0 aromatic heterocycles. The molecule has 2 heterocycles. The largest absolute Gasteiger partial charge is 0.508 e. The molecule has 2 aliphatic heterocycles. The lowest BCUT2D eigenvalue weighted by Gasteiger charge is -2.28. The number of aromatic hydroxyl groups is 2. The number of benzene rings is 2. The molecule has 0 amide bonds. The summed E-state index contributed by atoms with van der Waals surface area (Å²) in [7, 11) is 0. The van der Waals surface area contributed by atoms with E-state index in [0.29, 0.717) is 30.9 Å². The van der Waals surface area contributed by atoms with Crippen LogP contribution in [0.4, 0.5) is 0 Å². The van der Waals surface area contributed by atoms with Crippen molar-refractivity contribution in [3.63, 3.8) is 0 Å². The molecule has 0 saturated heterocycles. The highest BCUT2D eigenvalue weighted by molar-refractivity contribution is 5.60. The lowest BCUT2D eigenvalue weighted by molar-refractivity contribution is 0.138. The van der Waals surface area contributed by atoms with E-state index in [1.807, 2.05) is 19.1 Å². The van der Waals surface area contributed by atoms with Gasteiger partial charge in [0.2, 0.25) is 0 Å². The summed E-state index contributed by atoms with van der Waals surface area (Å²) < 4.78 is 12.7. The lowest BCUT2D eigenvalue weighted by Crippen LogP contribution is -2.23. The van der Waals surface area contributed by atoms with Crippen LogP contribution in [0.25, 0.3) is 0 Å². The van der Waals surface area contributed by atoms with E-state index in [4.69, 9.17) is 9.47 Å². The highest BCUT2D eigenvalue weighted by Crippen LogP contribution is 2.55. The normalized spacial score (nSPS) is 18.1. The number of ether oxygens (including phenoxy) is 2. The molecule has 0 aliphatic carbocycles. The van der Waals surface area contributed by atoms with Crippen molar-refractivity contribution in [2.75, 3.05) is 6.61 Å². The van der Waals surface area contributed by atoms with Crippen molar-refractivity contribution < 1.29 is 19.7 Å². The van der Waals surface area contributed by atoms with Gasteiger partial charge in [-0.15, -0.1) is 0 Å². The van der Waals surface area contributed by atoms with Crippen molar-refractivity contribution in [3.05, 3.63) is 81.0 Å². The molecule has 2 atom stereocenters. The minimum absolute atomic E-state index is 0.0565. The van der Waals surface area contributed by atoms with Gasteiger partial charge in [-0.05, 0) is 90.5 Å². The van der Waals surface area contributed by atoms with E-state index in [2.05, 4.69) is 52.8 Å². The predicted octanol–water partition coefficient (Wildman–Crippen LogP) is 7.76. The van der Waals surface area contributed by atoms with Crippen LogP contribution in [0.1, 0.15) is 87.3 Å². The van der Waals surface area contributed by atoms with Crippen molar-refractivity contribution in [2.24, 2.45) is 0 Å². The second-order valence-electron chi connectivity index (χ2n) is 10.5. The van der Waals surface area contributed by atoms with E-state index in [1.54, 1.807) is 6.07 Å². The minimum atomic E-state index is -0.192. The fourth-order valence-electron chi connectivity index (χ4n) is 4.92. The first kappa shape index (κ1) is 25.0. The van der Waals surface area contributed by atoms with Gasteiger partial charge in [-0.3, -0.25) is 0 Å². The number of fused-ring (bicyclic) bond motifs is 5. The standard InChI is InChI=1S/C31H38O4/c1-18(2)8-7-9-20(5)11-12-22-15-25-28(16-27(22)32)34-17-26-24-14-21(6)29(33)23(13-10-19(3)4)30(24)35-31(25)26/h8,10-11,14-16,26,31-33H,7,9,12-13,17H2,1-6H3/t26-,31-/m0/s1. The summed E-state index contributed by atoms with van der Waals surface area (Å²) in [5.74, 6) is 2.07. The van der Waals surface area contributed by atoms with Crippen molar-refractivity contribution in [1.82, 2.24) is 0 Å². The summed E-state index contributed by atoms with van der Waals surface area (Å²) in [5, 5.41) is 21.5. The Morgan fingerprint density at radius 3 is 2.40 bits per heavy atom. The fourth-order valence-corrected chi connectivity index (χ4v) is 4.92. The van der Waals surface area contributed by atoms with Crippen molar-refractivity contribution in [1.29, 1.82) is 0 Å². The maximum atomic E-state index is 10.8. The number of phenolic OH excluding ortho intramolecular Hbond substituents is 2. The van der Waals surface area contributed by atoms with Crippen LogP contribution in [0.3, 0.4) is 0 Å². The van der Waals surface area contributed by atoms with Gasteiger partial charge in [0.1, 0.15) is 29.1 Å². The summed E-state index contributed by atoms with van der Waals surface area (Å²) in [4.78, 5) is 0. The number of phenols is 2. The zero-order valence-electron chi connectivity index (χ0n) is 21.9. The number of allylic oxidation sites excluding steroid dienone is 6. The Balaban J connectivity index is 1.63. The first-order chi connectivity index (χ1) is 16.7. The van der Waals surface area contributed by atoms with Crippen molar-refractivity contribution >= 4 is 0 Å². The maximum Gasteiger partial charge on any atom is 0.138 e. The summed E-state index contributed by atoms with van der Waals surface area (Å²) in [6.07, 6.45) is 9.72. The van der Waals surface area contributed by atoms with Crippen LogP contribution >= 0.6 is 0 Å². The second-order valence-corrected chi connectivity index (χ2v) is 10.5. The Kier molecular flexibility index (Phi) is 7.30. The topological polar surface area (TPSA) is 58.9 Å². The maximum absolute atomic E-state index is 10.8. The second kappa shape index (κ2) is 10.2. The van der Waals surface area contributed by atoms with E-state index in [0.717, 1.165) is 46.4 Å². The average molecular weight is 475 g/mol. The first-order valence-corrected chi connectivity index (χ1v) is 12.6. The molecular formula is C31H38O4. The summed E-state index contributed by atoms with van der Waals surface area (Å²) in [6.45, 7) is 12.9. The minimum Gasteiger partial charge on any atom is -0.508 e. The molecule has 2 aromatic carbocycles. The Hall–Kier alpha value is -3.14. The van der Waals surface area contributed by atoms with Gasteiger partial charge in [0.05, 0.1) is 12.5 Å². The van der Waals surface area contributed by atoms with E-state index < -0.39 is 0 Å². The van der Waals surface area contributed by atoms with Gasteiger partial charge >= 0.3 is 0 Å². The van der Waals surface area contributed by atoms with Crippen LogP contribution in [0.2, 0.25) is 0 Å². The number of hydrogen-bond acceptors (Lipinski definition) is 4. The van der Waals surface area contributed by atoms with Gasteiger partial charge in [0, 0.05) is 22.8 Å². The Bertz CT molecular complexity index is 1210. The number of hydrogen-bond donors (Lipinski definition) is 2. The third kappa shape index (κ3) is 5.27. The lowest BCUT2D eigenvalue weighted by atomic mass is 9.86. The van der Waals surface area contributed by atoms with Crippen LogP contribution < -0.4 is 9.47 Å². The smallest absolute Gasteiger partial charge is 0.138 e. The summed E-state index contributed by atoms with van der Waals surface area (Å²) >= 11 is 0. The molecule has 0 spiro atoms. The molecule has 4 heteroatoms. The highest BCUT2D eigenvalue weighted by Gasteiger charge is 2.43. The van der Waals surface area contributed by atoms with Gasteiger partial charge < -0.3 is 19.7 Å². The number of rotatable bonds is 7. The Morgan fingerprint density at radius 1 is 0.943 bits per heavy atom. The fraction of sp³-hybridized carbons (Fsp3) is 0.419. The van der Waals surface area contributed by atoms with Gasteiger partial charge in [-0.2, -0.15) is 0 Å². The van der Waals surface area contributed by atoms with Gasteiger partial charge in [0.25, 0.3) is 0 Å². The van der Waals surface area contributed by atoms with E-state index >= 15 is 0 Å². The summed E-state index contributed by atoms with van der Waals surface area (Å²) in [5.41, 5.74) is 8.48. The van der Waals surface area contributed by atoms with E-state index in [1.165, 1.54) is 16.7 Å². The van der Waals surface area contributed by atoms with Crippen LogP contribution in [0, 0.1) is 6.92 Å². The molecular weight excluding hydrogens is 436 g/mol. The molecule has 186 valence electrons. The van der Waals surface area contributed by atoms with Crippen LogP contribution in [-0.4, -0.2) is 16.8 Å². The van der Waals surface area contributed by atoms with Gasteiger partial charge in [0.15, 0.2) is 0 Å². The molecule has 0 bridgehead atoms. The third-order valence-electron chi connectivity index (χ3n) is 6.99. The van der Waals surface area contributed by atoms with Crippen molar-refractivity contribution in [3.8, 4) is 23.0 Å². The van der Waals surface area contributed by atoms with E-state index in [-0.39, 0.29) is 17.8 Å². The SMILES string of the molecule is CC(C)=CCCC(C)=CCc1cc2c(cc1O)OC[C@H]1c3cc(C)c(O)c(CC=C(C)C)c3O[C@@H]21. The first-order valence-electron chi connectivity index (χ1n) is 12.6. The molecule has 4 nitrogen and oxygen atoms in total. The molecule has 4 rings (SSSR count). The molecule has 2 N–H and O–H groups in total. The zero-order valence-corrected chi connectivity index (χ0v) is 21.9. The molecule has 0 saturated carbocycles. The third-order valence-corrected chi connectivity index (χ3v) is 6.99. The number of aryl methyl sites for hydroxylation is 1. The molecule has 2 aromatic rings. The van der Waals surface area contributed by atoms with Gasteiger partial charge in [-0.1, -0.05) is 34.9 Å². The van der Waals surface area contributed by atoms with E-state index in [9.17, 15) is 10.2 Å². The van der Waals surface area contributed by atoms with Crippen LogP contribution in [-0.2, 0) is 12.8 Å². The molecule has 0 unspecified atom stereocenters. The molecule has 2 aliphatic rings. The highest BCUT2D eigenvalue weighted by atomic mass is 16.5. The zero-order chi connectivity index (χ0) is 25.3. The monoisotopic (exact) mass is 474 g/mol. The molecule has 0 fully saturated rings. The summed E-state index contributed by atoms with van der Waals surface area (Å²) in [6, 6.07) is 5.80. The molecule has 0 radical (unpaired) electrons. The molecule has 35 heavy (non-hydrogen) atoms. The van der Waals surface area contributed by atoms with Crippen LogP contribution in [0.5, 0.6) is 23.0 Å².